The molecule has 6 nitrogen and oxygen atoms in total. The lowest BCUT2D eigenvalue weighted by Gasteiger charge is -2.23. The fourth-order valence-electron chi connectivity index (χ4n) is 1.98. The Morgan fingerprint density at radius 2 is 1.68 bits per heavy atom. The second-order valence-corrected chi connectivity index (χ2v) is 8.82. The van der Waals surface area contributed by atoms with Gasteiger partial charge in [0.25, 0.3) is 5.91 Å². The van der Waals surface area contributed by atoms with Crippen molar-refractivity contribution in [3.05, 3.63) is 57.5 Å². The van der Waals surface area contributed by atoms with Crippen molar-refractivity contribution in [1.82, 2.24) is 4.31 Å². The molecule has 2 rings (SSSR count). The summed E-state index contributed by atoms with van der Waals surface area (Å²) in [6.45, 7) is 0. The summed E-state index contributed by atoms with van der Waals surface area (Å²) in [5, 5.41) is 3.23. The van der Waals surface area contributed by atoms with Crippen LogP contribution in [0.3, 0.4) is 0 Å². The first-order valence-corrected chi connectivity index (χ1v) is 9.72. The topological polar surface area (TPSA) is 69.7 Å². The Hall–Kier alpha value is -1.61. The molecule has 0 aromatic heterocycles. The largest absolute Gasteiger partial charge is 0.322 e. The molecule has 0 aliphatic rings. The van der Waals surface area contributed by atoms with Gasteiger partial charge in [-0.3, -0.25) is 9.10 Å². The summed E-state index contributed by atoms with van der Waals surface area (Å²) in [6, 6.07) is 11.4. The number of rotatable bonds is 5. The second kappa shape index (κ2) is 7.74. The molecular weight excluding hydrogens is 430 g/mol. The van der Waals surface area contributed by atoms with E-state index in [4.69, 9.17) is 11.6 Å². The van der Waals surface area contributed by atoms with Crippen LogP contribution < -0.4 is 9.62 Å². The normalized spacial score (nSPS) is 11.4. The van der Waals surface area contributed by atoms with Gasteiger partial charge in [0.05, 0.1) is 10.7 Å². The van der Waals surface area contributed by atoms with Gasteiger partial charge in [0.1, 0.15) is 0 Å². The highest BCUT2D eigenvalue weighted by Crippen LogP contribution is 2.26. The van der Waals surface area contributed by atoms with Crippen LogP contribution in [-0.2, 0) is 10.2 Å². The summed E-state index contributed by atoms with van der Waals surface area (Å²) in [4.78, 5) is 12.3. The van der Waals surface area contributed by atoms with Gasteiger partial charge in [-0.05, 0) is 58.4 Å². The lowest BCUT2D eigenvalue weighted by atomic mass is 10.2. The van der Waals surface area contributed by atoms with Crippen molar-refractivity contribution in [3.63, 3.8) is 0 Å². The summed E-state index contributed by atoms with van der Waals surface area (Å²) in [7, 11) is 0.790. The predicted molar refractivity (Wildman–Crippen MR) is 105 cm³/mol. The molecule has 0 fully saturated rings. The minimum absolute atomic E-state index is 0.317. The number of nitrogens with one attached hydrogen (secondary N) is 1. The summed E-state index contributed by atoms with van der Waals surface area (Å²) in [6.07, 6.45) is 0. The van der Waals surface area contributed by atoms with Crippen molar-refractivity contribution < 1.29 is 13.2 Å². The summed E-state index contributed by atoms with van der Waals surface area (Å²) >= 11 is 9.29. The molecule has 0 spiro atoms. The molecule has 0 bridgehead atoms. The molecule has 0 radical (unpaired) electrons. The Labute approximate surface area is 160 Å². The van der Waals surface area contributed by atoms with Crippen LogP contribution in [0.2, 0.25) is 5.02 Å². The molecule has 0 saturated heterocycles. The van der Waals surface area contributed by atoms with E-state index in [1.54, 1.807) is 42.5 Å². The Kier molecular flexibility index (Phi) is 6.10. The zero-order valence-corrected chi connectivity index (χ0v) is 17.0. The molecule has 0 atom stereocenters. The third kappa shape index (κ3) is 4.52. The lowest BCUT2D eigenvalue weighted by molar-refractivity contribution is 0.102. The van der Waals surface area contributed by atoms with Gasteiger partial charge in [-0.15, -0.1) is 0 Å². The number of nitrogens with zero attached hydrogens (tertiary/aromatic N) is 2. The Bertz CT molecular complexity index is 886. The molecule has 0 saturated carbocycles. The number of amides is 1. The van der Waals surface area contributed by atoms with E-state index in [1.807, 2.05) is 0 Å². The average molecular weight is 447 g/mol. The summed E-state index contributed by atoms with van der Waals surface area (Å²) < 4.78 is 27.2. The first-order chi connectivity index (χ1) is 11.6. The maximum atomic E-state index is 12.3. The van der Waals surface area contributed by atoms with Crippen molar-refractivity contribution in [2.75, 3.05) is 30.8 Å². The van der Waals surface area contributed by atoms with E-state index in [0.717, 1.165) is 13.1 Å². The summed E-state index contributed by atoms with van der Waals surface area (Å²) in [5.41, 5.74) is 1.42. The van der Waals surface area contributed by atoms with E-state index in [9.17, 15) is 13.2 Å². The van der Waals surface area contributed by atoms with Gasteiger partial charge in [0.2, 0.25) is 0 Å². The van der Waals surface area contributed by atoms with Gasteiger partial charge in [0.15, 0.2) is 0 Å². The van der Waals surface area contributed by atoms with Crippen LogP contribution in [0.15, 0.2) is 46.9 Å². The monoisotopic (exact) mass is 445 g/mol. The molecule has 9 heteroatoms. The number of benzene rings is 2. The van der Waals surface area contributed by atoms with E-state index in [-0.39, 0.29) is 5.91 Å². The highest BCUT2D eigenvalue weighted by molar-refractivity contribution is 9.10. The van der Waals surface area contributed by atoms with Crippen molar-refractivity contribution in [2.45, 2.75) is 0 Å². The van der Waals surface area contributed by atoms with Gasteiger partial charge in [0, 0.05) is 36.9 Å². The standard InChI is InChI=1S/C16H17BrClN3O3S/c1-20(2)25(23,24)21(3)13-7-4-11(5-8-13)16(22)19-12-6-9-14(17)15(18)10-12/h4-10H,1-3H3,(H,19,22). The van der Waals surface area contributed by atoms with E-state index in [2.05, 4.69) is 21.2 Å². The van der Waals surface area contributed by atoms with E-state index in [1.165, 1.54) is 21.1 Å². The van der Waals surface area contributed by atoms with E-state index < -0.39 is 10.2 Å². The molecular formula is C16H17BrClN3O3S. The number of carbonyl (C=O) groups is 1. The molecule has 2 aromatic rings. The first-order valence-electron chi connectivity index (χ1n) is 7.16. The van der Waals surface area contributed by atoms with Gasteiger partial charge in [-0.1, -0.05) is 11.6 Å². The zero-order chi connectivity index (χ0) is 18.8. The van der Waals surface area contributed by atoms with Crippen LogP contribution in [0.1, 0.15) is 10.4 Å². The first kappa shape index (κ1) is 19.7. The van der Waals surface area contributed by atoms with Crippen LogP contribution in [0.25, 0.3) is 0 Å². The molecule has 0 aliphatic heterocycles. The summed E-state index contributed by atoms with van der Waals surface area (Å²) in [5.74, 6) is -0.317. The highest BCUT2D eigenvalue weighted by Gasteiger charge is 2.21. The molecule has 0 aliphatic carbocycles. The van der Waals surface area contributed by atoms with Crippen molar-refractivity contribution in [1.29, 1.82) is 0 Å². The van der Waals surface area contributed by atoms with E-state index >= 15 is 0 Å². The maximum Gasteiger partial charge on any atom is 0.303 e. The molecule has 0 unspecified atom stereocenters. The van der Waals surface area contributed by atoms with Crippen molar-refractivity contribution in [2.24, 2.45) is 0 Å². The maximum absolute atomic E-state index is 12.3. The Morgan fingerprint density at radius 1 is 1.08 bits per heavy atom. The fourth-order valence-corrected chi connectivity index (χ4v) is 3.28. The zero-order valence-electron chi connectivity index (χ0n) is 13.8. The molecule has 1 amide bonds. The Morgan fingerprint density at radius 3 is 2.20 bits per heavy atom. The van der Waals surface area contributed by atoms with Crippen LogP contribution in [0.4, 0.5) is 11.4 Å². The van der Waals surface area contributed by atoms with Crippen LogP contribution >= 0.6 is 27.5 Å². The number of carbonyl (C=O) groups excluding carboxylic acids is 1. The molecule has 134 valence electrons. The van der Waals surface area contributed by atoms with Gasteiger partial charge in [-0.2, -0.15) is 12.7 Å². The van der Waals surface area contributed by atoms with E-state index in [0.29, 0.717) is 22.0 Å². The van der Waals surface area contributed by atoms with Crippen LogP contribution in [-0.4, -0.2) is 39.8 Å². The third-order valence-corrected chi connectivity index (χ3v) is 6.54. The van der Waals surface area contributed by atoms with Crippen LogP contribution in [0, 0.1) is 0 Å². The predicted octanol–water partition coefficient (Wildman–Crippen LogP) is 3.60. The third-order valence-electron chi connectivity index (χ3n) is 3.48. The van der Waals surface area contributed by atoms with Gasteiger partial charge < -0.3 is 5.32 Å². The Balaban J connectivity index is 2.16. The number of halogens is 2. The molecule has 25 heavy (non-hydrogen) atoms. The second-order valence-electron chi connectivity index (χ2n) is 5.39. The van der Waals surface area contributed by atoms with Crippen molar-refractivity contribution >= 4 is 55.0 Å². The fraction of sp³-hybridized carbons (Fsp3) is 0.188. The minimum atomic E-state index is -3.57. The molecule has 0 heterocycles. The quantitative estimate of drug-likeness (QED) is 0.763. The van der Waals surface area contributed by atoms with Gasteiger partial charge in [-0.25, -0.2) is 0 Å². The number of hydrogen-bond acceptors (Lipinski definition) is 3. The number of anilines is 2. The average Bonchev–Trinajstić information content (AvgIpc) is 2.57. The number of hydrogen-bond donors (Lipinski definition) is 1. The smallest absolute Gasteiger partial charge is 0.303 e. The molecule has 2 aromatic carbocycles. The van der Waals surface area contributed by atoms with Gasteiger partial charge >= 0.3 is 10.2 Å². The highest BCUT2D eigenvalue weighted by atomic mass is 79.9. The minimum Gasteiger partial charge on any atom is -0.322 e. The van der Waals surface area contributed by atoms with Crippen molar-refractivity contribution in [3.8, 4) is 0 Å². The SMILES string of the molecule is CN(C)S(=O)(=O)N(C)c1ccc(C(=O)Nc2ccc(Br)c(Cl)c2)cc1. The van der Waals surface area contributed by atoms with Crippen LogP contribution in [0.5, 0.6) is 0 Å². The molecule has 1 N–H and O–H groups in total. The lowest BCUT2D eigenvalue weighted by Crippen LogP contribution is -2.37.